The summed E-state index contributed by atoms with van der Waals surface area (Å²) < 4.78 is 26.1. The molecule has 0 bridgehead atoms. The van der Waals surface area contributed by atoms with Gasteiger partial charge in [-0.3, -0.25) is 0 Å². The second-order valence-corrected chi connectivity index (χ2v) is 7.87. The molecule has 0 atom stereocenters. The van der Waals surface area contributed by atoms with Crippen molar-refractivity contribution in [2.45, 2.75) is 30.1 Å². The summed E-state index contributed by atoms with van der Waals surface area (Å²) in [4.78, 5) is 0.964. The number of fused-ring (bicyclic) bond motifs is 4. The van der Waals surface area contributed by atoms with Gasteiger partial charge in [0.05, 0.1) is 9.79 Å². The van der Waals surface area contributed by atoms with Crippen molar-refractivity contribution in [1.29, 1.82) is 0 Å². The summed E-state index contributed by atoms with van der Waals surface area (Å²) >= 11 is 0. The van der Waals surface area contributed by atoms with E-state index in [1.165, 1.54) is 0 Å². The summed E-state index contributed by atoms with van der Waals surface area (Å²) in [6.45, 7) is 3.90. The fourth-order valence-electron chi connectivity index (χ4n) is 3.61. The third-order valence-corrected chi connectivity index (χ3v) is 6.50. The normalized spacial score (nSPS) is 15.4. The van der Waals surface area contributed by atoms with E-state index < -0.39 is 9.84 Å². The number of rotatable bonds is 0. The fourth-order valence-corrected chi connectivity index (χ4v) is 5.54. The monoisotopic (exact) mass is 308 g/mol. The minimum absolute atomic E-state index is 0.464. The molecule has 0 saturated carbocycles. The van der Waals surface area contributed by atoms with Crippen LogP contribution in [0.15, 0.2) is 58.3 Å². The van der Waals surface area contributed by atoms with Gasteiger partial charge < -0.3 is 0 Å². The van der Waals surface area contributed by atoms with Gasteiger partial charge in [-0.2, -0.15) is 0 Å². The Hall–Kier alpha value is -2.13. The van der Waals surface area contributed by atoms with Crippen molar-refractivity contribution in [1.82, 2.24) is 0 Å². The van der Waals surface area contributed by atoms with Gasteiger partial charge in [0.15, 0.2) is 0 Å². The number of sulfone groups is 1. The van der Waals surface area contributed by atoms with Crippen LogP contribution in [0, 0.1) is 13.8 Å². The van der Waals surface area contributed by atoms with Crippen molar-refractivity contribution < 1.29 is 8.42 Å². The van der Waals surface area contributed by atoms with Gasteiger partial charge in [0.25, 0.3) is 0 Å². The lowest BCUT2D eigenvalue weighted by atomic mass is 9.96. The maximum Gasteiger partial charge on any atom is 0.207 e. The average Bonchev–Trinajstić information content (AvgIpc) is 2.45. The molecule has 0 radical (unpaired) electrons. The number of hydrogen-bond acceptors (Lipinski definition) is 2. The maximum absolute atomic E-state index is 13.1. The van der Waals surface area contributed by atoms with Crippen molar-refractivity contribution in [2.75, 3.05) is 0 Å². The Morgan fingerprint density at radius 1 is 0.955 bits per heavy atom. The Morgan fingerprint density at radius 2 is 1.73 bits per heavy atom. The Kier molecular flexibility index (Phi) is 2.73. The van der Waals surface area contributed by atoms with E-state index in [9.17, 15) is 8.42 Å². The number of benzene rings is 3. The minimum atomic E-state index is -3.44. The lowest BCUT2D eigenvalue weighted by Crippen LogP contribution is -2.16. The molecule has 0 N–H and O–H groups in total. The standard InChI is InChI=1S/C19H16O2S/c1-12-9-13(2)19-15(10-12)11-17-16-6-4-3-5-14(16)7-8-18(17)22(19,20)21/h3-10H,11H2,1-2H3. The van der Waals surface area contributed by atoms with Gasteiger partial charge in [-0.25, -0.2) is 8.42 Å². The zero-order chi connectivity index (χ0) is 15.5. The summed E-state index contributed by atoms with van der Waals surface area (Å²) in [5.41, 5.74) is 3.79. The molecule has 0 aliphatic carbocycles. The molecule has 4 rings (SSSR count). The highest BCUT2D eigenvalue weighted by molar-refractivity contribution is 7.91. The lowest BCUT2D eigenvalue weighted by molar-refractivity contribution is 0.591. The minimum Gasteiger partial charge on any atom is -0.218 e. The van der Waals surface area contributed by atoms with Gasteiger partial charge in [0.1, 0.15) is 0 Å². The summed E-state index contributed by atoms with van der Waals surface area (Å²) in [6.07, 6.45) is 0.674. The molecular weight excluding hydrogens is 292 g/mol. The molecule has 0 saturated heterocycles. The van der Waals surface area contributed by atoms with E-state index in [2.05, 4.69) is 0 Å². The summed E-state index contributed by atoms with van der Waals surface area (Å²) in [5, 5.41) is 2.12. The van der Waals surface area contributed by atoms with Crippen LogP contribution in [0.4, 0.5) is 0 Å². The molecule has 1 aliphatic rings. The van der Waals surface area contributed by atoms with Crippen LogP contribution in [0.2, 0.25) is 0 Å². The van der Waals surface area contributed by atoms with Crippen molar-refractivity contribution in [3.63, 3.8) is 0 Å². The van der Waals surface area contributed by atoms with E-state index in [1.807, 2.05) is 56.3 Å². The van der Waals surface area contributed by atoms with Gasteiger partial charge in [0, 0.05) is 6.42 Å². The molecular formula is C19H16O2S. The van der Waals surface area contributed by atoms with Crippen LogP contribution in [0.25, 0.3) is 10.8 Å². The van der Waals surface area contributed by atoms with Crippen molar-refractivity contribution in [2.24, 2.45) is 0 Å². The molecule has 1 aliphatic heterocycles. The van der Waals surface area contributed by atoms with Crippen LogP contribution in [0.5, 0.6) is 0 Å². The summed E-state index contributed by atoms with van der Waals surface area (Å²) in [6, 6.07) is 15.6. The molecule has 0 unspecified atom stereocenters. The van der Waals surface area contributed by atoms with Crippen LogP contribution < -0.4 is 0 Å². The topological polar surface area (TPSA) is 34.1 Å². The highest BCUT2D eigenvalue weighted by Crippen LogP contribution is 2.39. The molecule has 0 amide bonds. The van der Waals surface area contributed by atoms with Crippen molar-refractivity contribution in [3.8, 4) is 0 Å². The first kappa shape index (κ1) is 13.5. The first-order valence-electron chi connectivity index (χ1n) is 7.34. The largest absolute Gasteiger partial charge is 0.218 e. The van der Waals surface area contributed by atoms with Gasteiger partial charge >= 0.3 is 0 Å². The van der Waals surface area contributed by atoms with E-state index in [4.69, 9.17) is 0 Å². The SMILES string of the molecule is Cc1cc(C)c2c(c1)Cc1c(ccc3ccccc13)S2(=O)=O. The Morgan fingerprint density at radius 3 is 2.55 bits per heavy atom. The fraction of sp³-hybridized carbons (Fsp3) is 0.158. The summed E-state index contributed by atoms with van der Waals surface area (Å²) in [5.74, 6) is 0. The van der Waals surface area contributed by atoms with Gasteiger partial charge in [-0.05, 0) is 47.4 Å². The van der Waals surface area contributed by atoms with E-state index in [1.54, 1.807) is 6.07 Å². The summed E-state index contributed by atoms with van der Waals surface area (Å²) in [7, 11) is -3.44. The number of aryl methyl sites for hydroxylation is 2. The highest BCUT2D eigenvalue weighted by atomic mass is 32.2. The second-order valence-electron chi connectivity index (χ2n) is 6.01. The zero-order valence-corrected chi connectivity index (χ0v) is 13.4. The number of hydrogen-bond donors (Lipinski definition) is 0. The maximum atomic E-state index is 13.1. The zero-order valence-electron chi connectivity index (χ0n) is 12.6. The van der Waals surface area contributed by atoms with Crippen molar-refractivity contribution >= 4 is 20.6 Å². The average molecular weight is 308 g/mol. The van der Waals surface area contributed by atoms with Crippen LogP contribution in [0.1, 0.15) is 22.3 Å². The molecule has 3 heteroatoms. The molecule has 3 aromatic rings. The first-order valence-corrected chi connectivity index (χ1v) is 8.82. The van der Waals surface area contributed by atoms with Gasteiger partial charge in [0.2, 0.25) is 9.84 Å². The van der Waals surface area contributed by atoms with Crippen LogP contribution in [-0.4, -0.2) is 8.42 Å². The first-order chi connectivity index (χ1) is 10.5. The predicted octanol–water partition coefficient (Wildman–Crippen LogP) is 4.19. The molecule has 3 aromatic carbocycles. The Balaban J connectivity index is 2.13. The lowest BCUT2D eigenvalue weighted by Gasteiger charge is -2.23. The van der Waals surface area contributed by atoms with E-state index in [0.29, 0.717) is 16.2 Å². The quantitative estimate of drug-likeness (QED) is 0.488. The third kappa shape index (κ3) is 1.75. The molecule has 1 heterocycles. The van der Waals surface area contributed by atoms with E-state index >= 15 is 0 Å². The van der Waals surface area contributed by atoms with Crippen LogP contribution in [-0.2, 0) is 16.3 Å². The van der Waals surface area contributed by atoms with Gasteiger partial charge in [-0.15, -0.1) is 0 Å². The Labute approximate surface area is 130 Å². The van der Waals surface area contributed by atoms with E-state index in [0.717, 1.165) is 33.0 Å². The van der Waals surface area contributed by atoms with Crippen LogP contribution >= 0.6 is 0 Å². The Bertz CT molecular complexity index is 1030. The molecule has 0 aromatic heterocycles. The van der Waals surface area contributed by atoms with Crippen molar-refractivity contribution in [3.05, 3.63) is 70.8 Å². The smallest absolute Gasteiger partial charge is 0.207 e. The second kappa shape index (κ2) is 4.43. The molecule has 2 nitrogen and oxygen atoms in total. The van der Waals surface area contributed by atoms with E-state index in [-0.39, 0.29) is 0 Å². The molecule has 0 fully saturated rings. The van der Waals surface area contributed by atoms with Crippen LogP contribution in [0.3, 0.4) is 0 Å². The highest BCUT2D eigenvalue weighted by Gasteiger charge is 2.31. The predicted molar refractivity (Wildman–Crippen MR) is 88.1 cm³/mol. The third-order valence-electron chi connectivity index (χ3n) is 4.42. The van der Waals surface area contributed by atoms with Gasteiger partial charge in [-0.1, -0.05) is 48.0 Å². The molecule has 0 spiro atoms. The molecule has 22 heavy (non-hydrogen) atoms. The molecule has 110 valence electrons.